The van der Waals surface area contributed by atoms with Crippen molar-refractivity contribution in [2.24, 2.45) is 0 Å². The number of nitro benzene ring substituents is 1. The van der Waals surface area contributed by atoms with Gasteiger partial charge in [-0.15, -0.1) is 0 Å². The molecule has 0 radical (unpaired) electrons. The molecule has 1 aromatic rings. The van der Waals surface area contributed by atoms with E-state index >= 15 is 0 Å². The van der Waals surface area contributed by atoms with Gasteiger partial charge in [-0.2, -0.15) is 0 Å². The van der Waals surface area contributed by atoms with E-state index in [0.717, 1.165) is 5.56 Å². The molecule has 1 aliphatic rings. The Hall–Kier alpha value is -1.79. The number of halogens is 1. The Balaban J connectivity index is 2.12. The second-order valence-electron chi connectivity index (χ2n) is 4.35. The molecule has 1 aromatic carbocycles. The molecule has 0 fully saturated rings. The molecular weight excluding hydrogens is 268 g/mol. The molecule has 1 atom stereocenters. The molecule has 1 unspecified atom stereocenters. The Labute approximate surface area is 116 Å². The smallest absolute Gasteiger partial charge is 0.274 e. The van der Waals surface area contributed by atoms with Crippen molar-refractivity contribution in [2.75, 3.05) is 0 Å². The Morgan fingerprint density at radius 3 is 2.79 bits per heavy atom. The van der Waals surface area contributed by atoms with Crippen LogP contribution >= 0.6 is 11.8 Å². The fourth-order valence-corrected chi connectivity index (χ4v) is 2.09. The van der Waals surface area contributed by atoms with Gasteiger partial charge in [-0.3, -0.25) is 19.5 Å². The van der Waals surface area contributed by atoms with Crippen LogP contribution in [-0.2, 0) is 6.54 Å². The van der Waals surface area contributed by atoms with Crippen LogP contribution in [0, 0.1) is 17.0 Å². The first-order chi connectivity index (χ1) is 9.00. The number of nitrogens with one attached hydrogen (secondary N) is 1. The predicted molar refractivity (Wildman–Crippen MR) is 72.8 cm³/mol. The highest BCUT2D eigenvalue weighted by atomic mass is 35.5. The fourth-order valence-electron chi connectivity index (χ4n) is 1.95. The first-order valence-corrected chi connectivity index (χ1v) is 6.21. The van der Waals surface area contributed by atoms with E-state index in [4.69, 9.17) is 11.8 Å². The molecule has 0 amide bonds. The monoisotopic (exact) mass is 282 g/mol. The van der Waals surface area contributed by atoms with Crippen LogP contribution in [0.4, 0.5) is 5.69 Å². The number of rotatable bonds is 4. The zero-order valence-corrected chi connectivity index (χ0v) is 11.5. The molecule has 0 saturated heterocycles. The largest absolute Gasteiger partial charge is 0.291 e. The molecule has 0 spiro atoms. The van der Waals surface area contributed by atoms with E-state index < -0.39 is 0 Å². The van der Waals surface area contributed by atoms with Gasteiger partial charge in [0.2, 0.25) is 0 Å². The average Bonchev–Trinajstić information content (AvgIpc) is 2.68. The number of hydrazine groups is 1. The summed E-state index contributed by atoms with van der Waals surface area (Å²) in [4.78, 5) is 10.6. The molecule has 1 N–H and O–H groups in total. The summed E-state index contributed by atoms with van der Waals surface area (Å²) in [6.07, 6.45) is 3.48. The fraction of sp³-hybridized carbons (Fsp3) is 0.333. The highest BCUT2D eigenvalue weighted by Gasteiger charge is 2.22. The van der Waals surface area contributed by atoms with Crippen LogP contribution in [0.15, 0.2) is 30.6 Å². The van der Waals surface area contributed by atoms with Crippen molar-refractivity contribution in [3.63, 3.8) is 0 Å². The molecule has 7 heteroatoms. The summed E-state index contributed by atoms with van der Waals surface area (Å²) in [6, 6.07) is 5.07. The molecule has 1 aliphatic heterocycles. The van der Waals surface area contributed by atoms with Crippen molar-refractivity contribution >= 4 is 17.5 Å². The first-order valence-electron chi connectivity index (χ1n) is 5.88. The minimum absolute atomic E-state index is 0.0373. The molecule has 0 aromatic heterocycles. The summed E-state index contributed by atoms with van der Waals surface area (Å²) in [5.74, 6) is 0. The second-order valence-corrected chi connectivity index (χ2v) is 4.74. The summed E-state index contributed by atoms with van der Waals surface area (Å²) < 4.78 is 1.53. The lowest BCUT2D eigenvalue weighted by Crippen LogP contribution is -2.41. The van der Waals surface area contributed by atoms with Crippen LogP contribution in [0.25, 0.3) is 0 Å². The second kappa shape index (κ2) is 5.46. The number of benzene rings is 1. The molecular formula is C12H15ClN4O2. The predicted octanol–water partition coefficient (Wildman–Crippen LogP) is 2.50. The maximum atomic E-state index is 11.0. The van der Waals surface area contributed by atoms with Crippen molar-refractivity contribution in [3.05, 3.63) is 51.8 Å². The van der Waals surface area contributed by atoms with Crippen molar-refractivity contribution in [1.29, 1.82) is 0 Å². The highest BCUT2D eigenvalue weighted by molar-refractivity contribution is 6.14. The van der Waals surface area contributed by atoms with Gasteiger partial charge in [0.15, 0.2) is 0 Å². The van der Waals surface area contributed by atoms with Gasteiger partial charge in [0.05, 0.1) is 4.92 Å². The van der Waals surface area contributed by atoms with Crippen LogP contribution in [0.1, 0.15) is 18.1 Å². The molecule has 0 aliphatic carbocycles. The van der Waals surface area contributed by atoms with E-state index in [1.165, 1.54) is 10.5 Å². The molecule has 1 heterocycles. The third-order valence-corrected chi connectivity index (χ3v) is 3.54. The average molecular weight is 283 g/mol. The van der Waals surface area contributed by atoms with Crippen LogP contribution in [0.2, 0.25) is 0 Å². The van der Waals surface area contributed by atoms with Gasteiger partial charge in [-0.1, -0.05) is 12.1 Å². The summed E-state index contributed by atoms with van der Waals surface area (Å²) in [7, 11) is 0. The molecule has 6 nitrogen and oxygen atoms in total. The van der Waals surface area contributed by atoms with Crippen molar-refractivity contribution in [2.45, 2.75) is 26.6 Å². The number of nitrogens with zero attached hydrogens (tertiary/aromatic N) is 3. The van der Waals surface area contributed by atoms with E-state index in [0.29, 0.717) is 12.1 Å². The lowest BCUT2D eigenvalue weighted by Gasteiger charge is -2.25. The van der Waals surface area contributed by atoms with Gasteiger partial charge in [0.25, 0.3) is 5.69 Å². The van der Waals surface area contributed by atoms with Gasteiger partial charge in [0.1, 0.15) is 6.17 Å². The van der Waals surface area contributed by atoms with Crippen LogP contribution in [-0.4, -0.2) is 20.5 Å². The van der Waals surface area contributed by atoms with Gasteiger partial charge in [-0.05, 0) is 19.4 Å². The topological polar surface area (TPSA) is 61.7 Å². The quantitative estimate of drug-likeness (QED) is 0.522. The van der Waals surface area contributed by atoms with Gasteiger partial charge in [0, 0.05) is 42.4 Å². The van der Waals surface area contributed by atoms with Crippen LogP contribution < -0.4 is 5.43 Å². The molecule has 0 bridgehead atoms. The van der Waals surface area contributed by atoms with Gasteiger partial charge < -0.3 is 0 Å². The van der Waals surface area contributed by atoms with E-state index in [-0.39, 0.29) is 16.8 Å². The number of hydrogen-bond donors (Lipinski definition) is 1. The van der Waals surface area contributed by atoms with Gasteiger partial charge >= 0.3 is 0 Å². The number of nitro groups is 1. The summed E-state index contributed by atoms with van der Waals surface area (Å²) in [5, 5.41) is 12.8. The zero-order valence-electron chi connectivity index (χ0n) is 10.7. The Morgan fingerprint density at radius 2 is 2.21 bits per heavy atom. The minimum Gasteiger partial charge on any atom is -0.291 e. The van der Waals surface area contributed by atoms with Crippen molar-refractivity contribution < 1.29 is 4.92 Å². The summed E-state index contributed by atoms with van der Waals surface area (Å²) in [5.41, 5.74) is 4.83. The third-order valence-electron chi connectivity index (χ3n) is 3.15. The molecule has 2 rings (SSSR count). The number of hydrogen-bond acceptors (Lipinski definition) is 5. The lowest BCUT2D eigenvalue weighted by molar-refractivity contribution is -0.385. The van der Waals surface area contributed by atoms with Crippen LogP contribution in [0.5, 0.6) is 0 Å². The first kappa shape index (κ1) is 13.6. The minimum atomic E-state index is -0.360. The standard InChI is InChI=1S/C12H15ClN4O2/c1-9-4-3-5-12(17(18)19)11(9)8-14-16-7-6-15(13)10(16)2/h3-7,10,14H,8H2,1-2H3. The zero-order chi connectivity index (χ0) is 14.0. The summed E-state index contributed by atoms with van der Waals surface area (Å²) >= 11 is 5.91. The van der Waals surface area contributed by atoms with Gasteiger partial charge in [-0.25, -0.2) is 5.43 Å². The van der Waals surface area contributed by atoms with Crippen molar-refractivity contribution in [3.8, 4) is 0 Å². The molecule has 102 valence electrons. The van der Waals surface area contributed by atoms with E-state index in [1.54, 1.807) is 18.5 Å². The van der Waals surface area contributed by atoms with E-state index in [2.05, 4.69) is 5.43 Å². The number of aryl methyl sites for hydroxylation is 1. The Morgan fingerprint density at radius 1 is 1.47 bits per heavy atom. The Kier molecular flexibility index (Phi) is 3.92. The lowest BCUT2D eigenvalue weighted by atomic mass is 10.1. The molecule has 0 saturated carbocycles. The maximum absolute atomic E-state index is 11.0. The van der Waals surface area contributed by atoms with Crippen molar-refractivity contribution in [1.82, 2.24) is 14.9 Å². The third kappa shape index (κ3) is 2.80. The maximum Gasteiger partial charge on any atom is 0.274 e. The normalized spacial score (nSPS) is 18.2. The van der Waals surface area contributed by atoms with Crippen LogP contribution in [0.3, 0.4) is 0 Å². The van der Waals surface area contributed by atoms with E-state index in [1.807, 2.05) is 24.9 Å². The highest BCUT2D eigenvalue weighted by Crippen LogP contribution is 2.22. The van der Waals surface area contributed by atoms with E-state index in [9.17, 15) is 10.1 Å². The SMILES string of the molecule is Cc1cccc([N+](=O)[O-])c1CNN1C=CN(Cl)C1C. The molecule has 19 heavy (non-hydrogen) atoms. The Bertz CT molecular complexity index is 520. The summed E-state index contributed by atoms with van der Waals surface area (Å²) in [6.45, 7) is 4.16.